The molecule has 0 saturated heterocycles. The van der Waals surface area contributed by atoms with Crippen molar-refractivity contribution in [3.8, 4) is 5.75 Å². The van der Waals surface area contributed by atoms with Gasteiger partial charge in [-0.2, -0.15) is 0 Å². The third-order valence-electron chi connectivity index (χ3n) is 3.72. The summed E-state index contributed by atoms with van der Waals surface area (Å²) < 4.78 is 5.56. The third-order valence-corrected chi connectivity index (χ3v) is 3.72. The van der Waals surface area contributed by atoms with Gasteiger partial charge in [0.1, 0.15) is 5.75 Å². The average molecular weight is 460 g/mol. The van der Waals surface area contributed by atoms with Crippen LogP contribution in [0.25, 0.3) is 0 Å². The lowest BCUT2D eigenvalue weighted by atomic mass is 10.2. The number of aliphatic imine (C=N–C) groups is 1. The van der Waals surface area contributed by atoms with Gasteiger partial charge in [-0.15, -0.1) is 24.0 Å². The molecule has 0 aliphatic heterocycles. The second kappa shape index (κ2) is 11.9. The normalized spacial score (nSPS) is 13.6. The maximum absolute atomic E-state index is 11.7. The van der Waals surface area contributed by atoms with Crippen molar-refractivity contribution in [1.82, 2.24) is 16.0 Å². The average Bonchev–Trinajstić information content (AvgIpc) is 3.40. The third kappa shape index (κ3) is 8.94. The predicted octanol–water partition coefficient (Wildman–Crippen LogP) is 2.43. The molecule has 1 fully saturated rings. The topological polar surface area (TPSA) is 74.8 Å². The molecule has 0 unspecified atom stereocenters. The molecule has 1 saturated carbocycles. The van der Waals surface area contributed by atoms with Crippen molar-refractivity contribution in [2.75, 3.05) is 20.2 Å². The lowest BCUT2D eigenvalue weighted by Gasteiger charge is -2.12. The Morgan fingerprint density at radius 2 is 2.12 bits per heavy atom. The Hall–Kier alpha value is -1.51. The second-order valence-corrected chi connectivity index (χ2v) is 5.98. The Bertz CT molecular complexity index is 562. The lowest BCUT2D eigenvalue weighted by Crippen LogP contribution is -2.37. The van der Waals surface area contributed by atoms with Crippen LogP contribution in [-0.2, 0) is 11.3 Å². The van der Waals surface area contributed by atoms with Gasteiger partial charge in [0.2, 0.25) is 0 Å². The van der Waals surface area contributed by atoms with Gasteiger partial charge in [0.15, 0.2) is 12.6 Å². The minimum absolute atomic E-state index is 0. The molecule has 0 heterocycles. The van der Waals surface area contributed by atoms with Crippen LogP contribution in [0.4, 0.5) is 0 Å². The van der Waals surface area contributed by atoms with Crippen LogP contribution < -0.4 is 20.7 Å². The van der Waals surface area contributed by atoms with Crippen LogP contribution >= 0.6 is 24.0 Å². The number of halogens is 1. The van der Waals surface area contributed by atoms with Gasteiger partial charge in [0.25, 0.3) is 5.91 Å². The molecule has 25 heavy (non-hydrogen) atoms. The quantitative estimate of drug-likeness (QED) is 0.229. The Balaban J connectivity index is 0.00000312. The number of rotatable bonds is 9. The Morgan fingerprint density at radius 1 is 1.32 bits per heavy atom. The van der Waals surface area contributed by atoms with Crippen molar-refractivity contribution in [3.05, 3.63) is 29.8 Å². The maximum Gasteiger partial charge on any atom is 0.258 e. The number of guanidine groups is 1. The second-order valence-electron chi connectivity index (χ2n) is 5.98. The molecule has 0 atom stereocenters. The van der Waals surface area contributed by atoms with Crippen LogP contribution in [0.2, 0.25) is 0 Å². The molecule has 1 aromatic rings. The molecule has 3 N–H and O–H groups in total. The van der Waals surface area contributed by atoms with Gasteiger partial charge >= 0.3 is 0 Å². The summed E-state index contributed by atoms with van der Waals surface area (Å²) in [5.74, 6) is 1.44. The van der Waals surface area contributed by atoms with Crippen molar-refractivity contribution in [2.45, 2.75) is 45.2 Å². The van der Waals surface area contributed by atoms with Crippen molar-refractivity contribution in [1.29, 1.82) is 0 Å². The standard InChI is InChI=1S/C18H28N4O2.HI/c1-3-4-10-20-18(19-2)21-12-14-6-5-7-16(11-14)24-13-17(23)22-15-8-9-15;/h5-7,11,15H,3-4,8-10,12-13H2,1-2H3,(H,22,23)(H2,19,20,21);1H. The molecule has 6 nitrogen and oxygen atoms in total. The molecule has 2 rings (SSSR count). The first-order chi connectivity index (χ1) is 11.7. The van der Waals surface area contributed by atoms with Crippen LogP contribution in [0.1, 0.15) is 38.2 Å². The van der Waals surface area contributed by atoms with E-state index in [2.05, 4.69) is 27.9 Å². The van der Waals surface area contributed by atoms with E-state index in [1.807, 2.05) is 24.3 Å². The number of benzene rings is 1. The first-order valence-corrected chi connectivity index (χ1v) is 8.67. The zero-order valence-corrected chi connectivity index (χ0v) is 17.3. The van der Waals surface area contributed by atoms with E-state index in [1.54, 1.807) is 7.05 Å². The molecule has 7 heteroatoms. The van der Waals surface area contributed by atoms with Gasteiger partial charge in [0, 0.05) is 26.2 Å². The summed E-state index contributed by atoms with van der Waals surface area (Å²) in [6.07, 6.45) is 4.44. The van der Waals surface area contributed by atoms with E-state index >= 15 is 0 Å². The lowest BCUT2D eigenvalue weighted by molar-refractivity contribution is -0.123. The Kier molecular flexibility index (Phi) is 10.3. The monoisotopic (exact) mass is 460 g/mol. The first-order valence-electron chi connectivity index (χ1n) is 8.67. The van der Waals surface area contributed by atoms with E-state index < -0.39 is 0 Å². The fourth-order valence-electron chi connectivity index (χ4n) is 2.18. The molecule has 1 aromatic carbocycles. The molecular weight excluding hydrogens is 431 g/mol. The van der Waals surface area contributed by atoms with Gasteiger partial charge in [-0.1, -0.05) is 25.5 Å². The van der Waals surface area contributed by atoms with E-state index in [9.17, 15) is 4.79 Å². The fraction of sp³-hybridized carbons (Fsp3) is 0.556. The van der Waals surface area contributed by atoms with Crippen molar-refractivity contribution < 1.29 is 9.53 Å². The van der Waals surface area contributed by atoms with Crippen LogP contribution in [0.15, 0.2) is 29.3 Å². The van der Waals surface area contributed by atoms with E-state index in [1.165, 1.54) is 0 Å². The summed E-state index contributed by atoms with van der Waals surface area (Å²) in [4.78, 5) is 15.9. The summed E-state index contributed by atoms with van der Waals surface area (Å²) >= 11 is 0. The van der Waals surface area contributed by atoms with Crippen LogP contribution in [0.3, 0.4) is 0 Å². The number of hydrogen-bond donors (Lipinski definition) is 3. The number of ether oxygens (including phenoxy) is 1. The minimum Gasteiger partial charge on any atom is -0.484 e. The molecule has 0 aromatic heterocycles. The van der Waals surface area contributed by atoms with E-state index in [0.29, 0.717) is 18.3 Å². The molecule has 140 valence electrons. The SMILES string of the molecule is CCCCNC(=NC)NCc1cccc(OCC(=O)NC2CC2)c1.I. The number of nitrogens with zero attached hydrogens (tertiary/aromatic N) is 1. The molecule has 0 bridgehead atoms. The van der Waals surface area contributed by atoms with E-state index in [-0.39, 0.29) is 36.5 Å². The maximum atomic E-state index is 11.7. The van der Waals surface area contributed by atoms with E-state index in [0.717, 1.165) is 43.8 Å². The van der Waals surface area contributed by atoms with Crippen molar-refractivity contribution in [2.24, 2.45) is 4.99 Å². The molecule has 1 amide bonds. The van der Waals surface area contributed by atoms with Crippen molar-refractivity contribution in [3.63, 3.8) is 0 Å². The highest BCUT2D eigenvalue weighted by Crippen LogP contribution is 2.18. The van der Waals surface area contributed by atoms with Gasteiger partial charge < -0.3 is 20.7 Å². The van der Waals surface area contributed by atoms with Gasteiger partial charge in [-0.25, -0.2) is 0 Å². The van der Waals surface area contributed by atoms with Crippen LogP contribution in [-0.4, -0.2) is 38.1 Å². The molecule has 0 spiro atoms. The highest BCUT2D eigenvalue weighted by atomic mass is 127. The number of carbonyl (C=O) groups is 1. The van der Waals surface area contributed by atoms with Crippen molar-refractivity contribution >= 4 is 35.8 Å². The number of nitrogens with one attached hydrogen (secondary N) is 3. The number of unbranched alkanes of at least 4 members (excludes halogenated alkanes) is 1. The molecule has 0 radical (unpaired) electrons. The van der Waals surface area contributed by atoms with Crippen LogP contribution in [0, 0.1) is 0 Å². The van der Waals surface area contributed by atoms with Gasteiger partial charge in [-0.05, 0) is 37.0 Å². The molecule has 1 aliphatic carbocycles. The van der Waals surface area contributed by atoms with Crippen LogP contribution in [0.5, 0.6) is 5.75 Å². The Labute approximate surface area is 167 Å². The molecular formula is C18H29IN4O2. The number of carbonyl (C=O) groups excluding carboxylic acids is 1. The Morgan fingerprint density at radius 3 is 2.80 bits per heavy atom. The summed E-state index contributed by atoms with van der Waals surface area (Å²) in [5.41, 5.74) is 1.08. The molecule has 1 aliphatic rings. The fourth-order valence-corrected chi connectivity index (χ4v) is 2.18. The smallest absolute Gasteiger partial charge is 0.258 e. The summed E-state index contributed by atoms with van der Waals surface area (Å²) in [5, 5.41) is 9.46. The predicted molar refractivity (Wildman–Crippen MR) is 112 cm³/mol. The highest BCUT2D eigenvalue weighted by molar-refractivity contribution is 14.0. The first kappa shape index (κ1) is 21.5. The van der Waals surface area contributed by atoms with Gasteiger partial charge in [-0.3, -0.25) is 9.79 Å². The highest BCUT2D eigenvalue weighted by Gasteiger charge is 2.23. The summed E-state index contributed by atoms with van der Waals surface area (Å²) in [6, 6.07) is 8.12. The zero-order valence-electron chi connectivity index (χ0n) is 15.0. The van der Waals surface area contributed by atoms with Gasteiger partial charge in [0.05, 0.1) is 0 Å². The largest absolute Gasteiger partial charge is 0.484 e. The summed E-state index contributed by atoms with van der Waals surface area (Å²) in [6.45, 7) is 3.79. The zero-order chi connectivity index (χ0) is 17.2. The summed E-state index contributed by atoms with van der Waals surface area (Å²) in [7, 11) is 1.76. The number of hydrogen-bond acceptors (Lipinski definition) is 3. The number of amides is 1. The minimum atomic E-state index is -0.0541. The van der Waals surface area contributed by atoms with E-state index in [4.69, 9.17) is 4.74 Å².